The van der Waals surface area contributed by atoms with Gasteiger partial charge in [-0.3, -0.25) is 4.79 Å². The van der Waals surface area contributed by atoms with Gasteiger partial charge in [-0.2, -0.15) is 5.26 Å². The van der Waals surface area contributed by atoms with E-state index >= 15 is 0 Å². The van der Waals surface area contributed by atoms with Gasteiger partial charge in [0.05, 0.1) is 0 Å². The van der Waals surface area contributed by atoms with E-state index in [-0.39, 0.29) is 24.9 Å². The van der Waals surface area contributed by atoms with Crippen molar-refractivity contribution in [3.05, 3.63) is 29.3 Å². The predicted octanol–water partition coefficient (Wildman–Crippen LogP) is 1.88. The minimum Gasteiger partial charge on any atom is -0.454 e. The number of hydrogen-bond donors (Lipinski definition) is 0. The second-order valence-electron chi connectivity index (χ2n) is 5.80. The molecule has 1 fully saturated rings. The zero-order chi connectivity index (χ0) is 17.6. The van der Waals surface area contributed by atoms with Crippen LogP contribution in [0, 0.1) is 11.3 Å². The molecule has 130 valence electrons. The first kappa shape index (κ1) is 16.8. The van der Waals surface area contributed by atoms with Crippen LogP contribution in [0.2, 0.25) is 0 Å². The number of rotatable bonds is 4. The monoisotopic (exact) mass is 342 g/mol. The Kier molecular flexibility index (Phi) is 5.19. The summed E-state index contributed by atoms with van der Waals surface area (Å²) in [6.07, 6.45) is 4.44. The summed E-state index contributed by atoms with van der Waals surface area (Å²) in [5.74, 6) is 0.129. The summed E-state index contributed by atoms with van der Waals surface area (Å²) in [6.45, 7) is 1.18. The van der Waals surface area contributed by atoms with Crippen molar-refractivity contribution in [1.29, 1.82) is 5.26 Å². The second-order valence-corrected chi connectivity index (χ2v) is 5.80. The van der Waals surface area contributed by atoms with Gasteiger partial charge in [0.25, 0.3) is 5.91 Å². The van der Waals surface area contributed by atoms with Gasteiger partial charge in [-0.15, -0.1) is 0 Å². The highest BCUT2D eigenvalue weighted by molar-refractivity contribution is 5.98. The Morgan fingerprint density at radius 2 is 1.96 bits per heavy atom. The molecule has 2 aliphatic rings. The molecule has 0 bridgehead atoms. The lowest BCUT2D eigenvalue weighted by Crippen LogP contribution is -2.38. The summed E-state index contributed by atoms with van der Waals surface area (Å²) in [6, 6.07) is 6.89. The first-order valence-corrected chi connectivity index (χ1v) is 8.14. The molecule has 0 saturated carbocycles. The van der Waals surface area contributed by atoms with Crippen molar-refractivity contribution in [2.24, 2.45) is 0 Å². The van der Waals surface area contributed by atoms with E-state index in [1.165, 1.54) is 6.08 Å². The molecule has 0 atom stereocenters. The van der Waals surface area contributed by atoms with Gasteiger partial charge in [-0.1, -0.05) is 6.07 Å². The zero-order valence-electron chi connectivity index (χ0n) is 13.7. The maximum atomic E-state index is 12.1. The van der Waals surface area contributed by atoms with Crippen molar-refractivity contribution in [2.45, 2.75) is 19.3 Å². The number of hydrogen-bond acceptors (Lipinski definition) is 6. The Morgan fingerprint density at radius 3 is 2.72 bits per heavy atom. The Balaban J connectivity index is 1.61. The number of piperidine rings is 1. The van der Waals surface area contributed by atoms with Crippen LogP contribution in [0.5, 0.6) is 11.5 Å². The molecule has 25 heavy (non-hydrogen) atoms. The molecule has 0 unspecified atom stereocenters. The fourth-order valence-corrected chi connectivity index (χ4v) is 2.75. The lowest BCUT2D eigenvalue weighted by molar-refractivity contribution is -0.149. The number of fused-ring (bicyclic) bond motifs is 1. The summed E-state index contributed by atoms with van der Waals surface area (Å²) in [5.41, 5.74) is 0.436. The van der Waals surface area contributed by atoms with E-state index in [2.05, 4.69) is 0 Å². The highest BCUT2D eigenvalue weighted by atomic mass is 16.7. The van der Waals surface area contributed by atoms with E-state index in [1.54, 1.807) is 23.1 Å². The molecule has 2 heterocycles. The second kappa shape index (κ2) is 7.71. The van der Waals surface area contributed by atoms with E-state index in [0.29, 0.717) is 30.2 Å². The van der Waals surface area contributed by atoms with Gasteiger partial charge in [-0.25, -0.2) is 4.79 Å². The van der Waals surface area contributed by atoms with Gasteiger partial charge in [0.2, 0.25) is 6.79 Å². The number of nitrogens with zero attached hydrogens (tertiary/aromatic N) is 2. The van der Waals surface area contributed by atoms with Gasteiger partial charge >= 0.3 is 5.97 Å². The Labute approximate surface area is 145 Å². The highest BCUT2D eigenvalue weighted by Crippen LogP contribution is 2.33. The fourth-order valence-electron chi connectivity index (χ4n) is 2.75. The molecule has 1 saturated heterocycles. The number of nitriles is 1. The summed E-state index contributed by atoms with van der Waals surface area (Å²) in [5, 5.41) is 9.19. The minimum atomic E-state index is -0.814. The summed E-state index contributed by atoms with van der Waals surface area (Å²) >= 11 is 0. The highest BCUT2D eigenvalue weighted by Gasteiger charge is 2.20. The SMILES string of the molecule is N#CC(=Cc1ccc2c(c1)OCO2)C(=O)OCC(=O)N1CCCCC1. The third-order valence-electron chi connectivity index (χ3n) is 4.08. The molecule has 1 aromatic rings. The first-order chi connectivity index (χ1) is 12.2. The lowest BCUT2D eigenvalue weighted by Gasteiger charge is -2.26. The average Bonchev–Trinajstić information content (AvgIpc) is 3.12. The zero-order valence-corrected chi connectivity index (χ0v) is 13.7. The van der Waals surface area contributed by atoms with Crippen LogP contribution in [0.1, 0.15) is 24.8 Å². The molecule has 7 heteroatoms. The molecule has 0 N–H and O–H groups in total. The van der Waals surface area contributed by atoms with Gasteiger partial charge in [0, 0.05) is 13.1 Å². The smallest absolute Gasteiger partial charge is 0.349 e. The number of esters is 1. The largest absolute Gasteiger partial charge is 0.454 e. The topological polar surface area (TPSA) is 88.9 Å². The molecule has 0 spiro atoms. The number of ether oxygens (including phenoxy) is 3. The van der Waals surface area contributed by atoms with Crippen LogP contribution in [0.4, 0.5) is 0 Å². The Hall–Kier alpha value is -3.01. The van der Waals surface area contributed by atoms with E-state index in [9.17, 15) is 14.9 Å². The third-order valence-corrected chi connectivity index (χ3v) is 4.08. The molecule has 0 radical (unpaired) electrons. The van der Waals surface area contributed by atoms with Crippen molar-refractivity contribution in [3.8, 4) is 17.6 Å². The molecule has 1 aromatic carbocycles. The van der Waals surface area contributed by atoms with Crippen LogP contribution >= 0.6 is 0 Å². The van der Waals surface area contributed by atoms with Crippen LogP contribution in [0.25, 0.3) is 6.08 Å². The van der Waals surface area contributed by atoms with Crippen molar-refractivity contribution >= 4 is 18.0 Å². The number of carbonyl (C=O) groups excluding carboxylic acids is 2. The normalized spacial score (nSPS) is 16.3. The summed E-state index contributed by atoms with van der Waals surface area (Å²) in [7, 11) is 0. The van der Waals surface area contributed by atoms with E-state index in [4.69, 9.17) is 14.2 Å². The molecule has 1 amide bonds. The van der Waals surface area contributed by atoms with E-state index in [1.807, 2.05) is 6.07 Å². The van der Waals surface area contributed by atoms with Crippen molar-refractivity contribution in [2.75, 3.05) is 26.5 Å². The van der Waals surface area contributed by atoms with Crippen LogP contribution in [0.15, 0.2) is 23.8 Å². The molecule has 3 rings (SSSR count). The van der Waals surface area contributed by atoms with E-state index in [0.717, 1.165) is 19.3 Å². The molecule has 2 aliphatic heterocycles. The van der Waals surface area contributed by atoms with Crippen molar-refractivity contribution in [1.82, 2.24) is 4.90 Å². The van der Waals surface area contributed by atoms with Gasteiger partial charge in [0.15, 0.2) is 18.1 Å². The summed E-state index contributed by atoms with van der Waals surface area (Å²) in [4.78, 5) is 25.8. The summed E-state index contributed by atoms with van der Waals surface area (Å²) < 4.78 is 15.5. The quantitative estimate of drug-likeness (QED) is 0.471. The third kappa shape index (κ3) is 4.10. The predicted molar refractivity (Wildman–Crippen MR) is 87.5 cm³/mol. The van der Waals surface area contributed by atoms with Crippen LogP contribution in [0.3, 0.4) is 0 Å². The first-order valence-electron chi connectivity index (χ1n) is 8.14. The minimum absolute atomic E-state index is 0.147. The lowest BCUT2D eigenvalue weighted by atomic mass is 10.1. The van der Waals surface area contributed by atoms with Gasteiger partial charge in [-0.05, 0) is 43.0 Å². The standard InChI is InChI=1S/C18H18N2O5/c19-10-14(8-13-4-5-15-16(9-13)25-12-24-15)18(22)23-11-17(21)20-6-2-1-3-7-20/h4-5,8-9H,1-3,6-7,11-12H2. The molecule has 0 aromatic heterocycles. The maximum absolute atomic E-state index is 12.1. The Morgan fingerprint density at radius 1 is 1.20 bits per heavy atom. The average molecular weight is 342 g/mol. The molecular weight excluding hydrogens is 324 g/mol. The molecule has 7 nitrogen and oxygen atoms in total. The molecule has 0 aliphatic carbocycles. The van der Waals surface area contributed by atoms with Gasteiger partial charge in [0.1, 0.15) is 11.6 Å². The maximum Gasteiger partial charge on any atom is 0.349 e. The fraction of sp³-hybridized carbons (Fsp3) is 0.389. The number of carbonyl (C=O) groups is 2. The van der Waals surface area contributed by atoms with Crippen LogP contribution in [-0.2, 0) is 14.3 Å². The number of amides is 1. The van der Waals surface area contributed by atoms with Crippen molar-refractivity contribution < 1.29 is 23.8 Å². The Bertz CT molecular complexity index is 744. The number of likely N-dealkylation sites (tertiary alicyclic amines) is 1. The van der Waals surface area contributed by atoms with Crippen molar-refractivity contribution in [3.63, 3.8) is 0 Å². The van der Waals surface area contributed by atoms with Gasteiger partial charge < -0.3 is 19.1 Å². The number of benzene rings is 1. The van der Waals surface area contributed by atoms with E-state index < -0.39 is 5.97 Å². The molecular formula is C18H18N2O5. The van der Waals surface area contributed by atoms with Crippen LogP contribution < -0.4 is 9.47 Å². The van der Waals surface area contributed by atoms with Crippen LogP contribution in [-0.4, -0.2) is 43.3 Å².